The first-order valence-corrected chi connectivity index (χ1v) is 15.6. The van der Waals surface area contributed by atoms with Gasteiger partial charge in [0.05, 0.1) is 0 Å². The number of hydrogen-bond donors (Lipinski definition) is 0. The van der Waals surface area contributed by atoms with E-state index in [-0.39, 0.29) is 0 Å². The van der Waals surface area contributed by atoms with Gasteiger partial charge in [0.15, 0.2) is 0 Å². The van der Waals surface area contributed by atoms with Gasteiger partial charge in [-0.1, -0.05) is 115 Å². The molecule has 8 aromatic rings. The van der Waals surface area contributed by atoms with E-state index >= 15 is 0 Å². The lowest BCUT2D eigenvalue weighted by Crippen LogP contribution is -2.09. The molecule has 2 nitrogen and oxygen atoms in total. The van der Waals surface area contributed by atoms with Crippen molar-refractivity contribution in [2.24, 2.45) is 0 Å². The van der Waals surface area contributed by atoms with Crippen LogP contribution in [0.15, 0.2) is 170 Å². The Balaban J connectivity index is 1.18. The van der Waals surface area contributed by atoms with Crippen LogP contribution >= 0.6 is 11.3 Å². The maximum absolute atomic E-state index is 4.37. The van der Waals surface area contributed by atoms with Crippen LogP contribution in [0, 0.1) is 0 Å². The van der Waals surface area contributed by atoms with Gasteiger partial charge in [0.1, 0.15) is 0 Å². The SMILES string of the molecule is c1ccc(-c2ccc(-c3ccc(N(c4ccc(-c5ccccc5)cc4)c4ccc5c(c4)sc4ccncc45)cc3)cc2)cc1. The average molecular weight is 581 g/mol. The quantitative estimate of drug-likeness (QED) is 0.194. The van der Waals surface area contributed by atoms with Crippen LogP contribution in [-0.2, 0) is 0 Å². The molecule has 0 saturated heterocycles. The summed E-state index contributed by atoms with van der Waals surface area (Å²) in [6.45, 7) is 0. The van der Waals surface area contributed by atoms with Crippen LogP contribution in [-0.4, -0.2) is 4.98 Å². The van der Waals surface area contributed by atoms with E-state index in [4.69, 9.17) is 0 Å². The summed E-state index contributed by atoms with van der Waals surface area (Å²) in [5.41, 5.74) is 10.6. The Morgan fingerprint density at radius 1 is 0.386 bits per heavy atom. The van der Waals surface area contributed by atoms with E-state index in [0.29, 0.717) is 0 Å². The van der Waals surface area contributed by atoms with Crippen LogP contribution in [0.4, 0.5) is 17.1 Å². The number of pyridine rings is 1. The average Bonchev–Trinajstić information content (AvgIpc) is 3.48. The Labute approximate surface area is 261 Å². The Kier molecular flexibility index (Phi) is 6.71. The van der Waals surface area contributed by atoms with Crippen molar-refractivity contribution >= 4 is 48.6 Å². The van der Waals surface area contributed by atoms with Crippen molar-refractivity contribution in [3.05, 3.63) is 170 Å². The van der Waals surface area contributed by atoms with Gasteiger partial charge in [-0.2, -0.15) is 0 Å². The summed E-state index contributed by atoms with van der Waals surface area (Å²) in [5.74, 6) is 0. The summed E-state index contributed by atoms with van der Waals surface area (Å²) in [7, 11) is 0. The number of thiophene rings is 1. The molecule has 6 aromatic carbocycles. The molecular formula is C41H28N2S. The fourth-order valence-corrected chi connectivity index (χ4v) is 7.02. The monoisotopic (exact) mass is 580 g/mol. The molecule has 2 aromatic heterocycles. The zero-order chi connectivity index (χ0) is 29.3. The molecule has 0 bridgehead atoms. The topological polar surface area (TPSA) is 16.1 Å². The zero-order valence-corrected chi connectivity index (χ0v) is 24.8. The van der Waals surface area contributed by atoms with Gasteiger partial charge in [-0.3, -0.25) is 4.98 Å². The van der Waals surface area contributed by atoms with E-state index < -0.39 is 0 Å². The van der Waals surface area contributed by atoms with Crippen molar-refractivity contribution in [1.29, 1.82) is 0 Å². The molecule has 0 aliphatic rings. The smallest absolute Gasteiger partial charge is 0.0476 e. The van der Waals surface area contributed by atoms with Gasteiger partial charge in [-0.05, 0) is 75.8 Å². The van der Waals surface area contributed by atoms with Gasteiger partial charge in [0, 0.05) is 49.6 Å². The van der Waals surface area contributed by atoms with Crippen molar-refractivity contribution in [2.45, 2.75) is 0 Å². The summed E-state index contributed by atoms with van der Waals surface area (Å²) in [4.78, 5) is 6.72. The van der Waals surface area contributed by atoms with Crippen LogP contribution in [0.25, 0.3) is 53.6 Å². The summed E-state index contributed by atoms with van der Waals surface area (Å²) in [5, 5.41) is 2.45. The standard InChI is InChI=1S/C41H28N2S/c1-3-7-29(8-4-1)31-11-13-32(14-12-31)34-17-21-36(22-18-34)43(35-19-15-33(16-20-35)30-9-5-2-6-10-30)37-23-24-38-39-28-42-26-25-40(39)44-41(38)27-37/h1-28H. The Bertz CT molecular complexity index is 2180. The molecule has 2 heterocycles. The molecule has 0 unspecified atom stereocenters. The van der Waals surface area contributed by atoms with Crippen LogP contribution in [0.2, 0.25) is 0 Å². The van der Waals surface area contributed by atoms with Crippen LogP contribution < -0.4 is 4.90 Å². The summed E-state index contributed by atoms with van der Waals surface area (Å²) in [6, 6.07) is 56.5. The highest BCUT2D eigenvalue weighted by molar-refractivity contribution is 7.25. The molecule has 8 rings (SSSR count). The highest BCUT2D eigenvalue weighted by atomic mass is 32.1. The van der Waals surface area contributed by atoms with E-state index in [0.717, 1.165) is 17.1 Å². The normalized spacial score (nSPS) is 11.2. The number of fused-ring (bicyclic) bond motifs is 3. The van der Waals surface area contributed by atoms with E-state index in [1.807, 2.05) is 23.7 Å². The minimum absolute atomic E-state index is 1.12. The molecule has 0 N–H and O–H groups in total. The molecule has 0 amide bonds. The number of nitrogens with zero attached hydrogens (tertiary/aromatic N) is 2. The number of anilines is 3. The molecule has 208 valence electrons. The third-order valence-corrected chi connectivity index (χ3v) is 9.33. The number of aromatic nitrogens is 1. The molecule has 3 heteroatoms. The molecule has 0 saturated carbocycles. The first-order valence-electron chi connectivity index (χ1n) is 14.8. The molecule has 0 atom stereocenters. The Morgan fingerprint density at radius 2 is 0.841 bits per heavy atom. The lowest BCUT2D eigenvalue weighted by molar-refractivity contribution is 1.29. The van der Waals surface area contributed by atoms with Gasteiger partial charge in [0.2, 0.25) is 0 Å². The zero-order valence-electron chi connectivity index (χ0n) is 24.0. The maximum Gasteiger partial charge on any atom is 0.0476 e. The van der Waals surface area contributed by atoms with Crippen molar-refractivity contribution in [1.82, 2.24) is 4.98 Å². The first-order chi connectivity index (χ1) is 21.8. The third-order valence-electron chi connectivity index (χ3n) is 8.20. The first kappa shape index (κ1) is 26.1. The lowest BCUT2D eigenvalue weighted by atomic mass is 10.00. The largest absolute Gasteiger partial charge is 0.310 e. The van der Waals surface area contributed by atoms with Gasteiger partial charge in [-0.25, -0.2) is 0 Å². The highest BCUT2D eigenvalue weighted by Crippen LogP contribution is 2.41. The number of benzene rings is 6. The van der Waals surface area contributed by atoms with Crippen molar-refractivity contribution in [3.63, 3.8) is 0 Å². The lowest BCUT2D eigenvalue weighted by Gasteiger charge is -2.26. The molecule has 0 aliphatic heterocycles. The minimum atomic E-state index is 1.12. The number of hydrogen-bond acceptors (Lipinski definition) is 3. The maximum atomic E-state index is 4.37. The second-order valence-corrected chi connectivity index (χ2v) is 12.0. The molecule has 0 aliphatic carbocycles. The van der Waals surface area contributed by atoms with Crippen LogP contribution in [0.1, 0.15) is 0 Å². The predicted molar refractivity (Wildman–Crippen MR) is 188 cm³/mol. The fraction of sp³-hybridized carbons (Fsp3) is 0. The predicted octanol–water partition coefficient (Wildman–Crippen LogP) is 11.9. The minimum Gasteiger partial charge on any atom is -0.310 e. The van der Waals surface area contributed by atoms with Gasteiger partial charge < -0.3 is 4.90 Å². The molecule has 0 fully saturated rings. The van der Waals surface area contributed by atoms with Crippen LogP contribution in [0.3, 0.4) is 0 Å². The Hall–Kier alpha value is -5.51. The summed E-state index contributed by atoms with van der Waals surface area (Å²) >= 11 is 1.82. The number of rotatable bonds is 6. The molecule has 44 heavy (non-hydrogen) atoms. The van der Waals surface area contributed by atoms with E-state index in [9.17, 15) is 0 Å². The molecular weight excluding hydrogens is 553 g/mol. The van der Waals surface area contributed by atoms with E-state index in [1.165, 1.54) is 53.6 Å². The fourth-order valence-electron chi connectivity index (χ4n) is 5.92. The Morgan fingerprint density at radius 3 is 1.36 bits per heavy atom. The van der Waals surface area contributed by atoms with E-state index in [2.05, 4.69) is 168 Å². The summed E-state index contributed by atoms with van der Waals surface area (Å²) in [6.07, 6.45) is 3.84. The van der Waals surface area contributed by atoms with Gasteiger partial charge in [0.25, 0.3) is 0 Å². The van der Waals surface area contributed by atoms with E-state index in [1.54, 1.807) is 0 Å². The third kappa shape index (κ3) is 4.94. The second kappa shape index (κ2) is 11.3. The van der Waals surface area contributed by atoms with Crippen molar-refractivity contribution in [3.8, 4) is 33.4 Å². The van der Waals surface area contributed by atoms with Crippen LogP contribution in [0.5, 0.6) is 0 Å². The van der Waals surface area contributed by atoms with Crippen molar-refractivity contribution in [2.75, 3.05) is 4.90 Å². The van der Waals surface area contributed by atoms with Gasteiger partial charge in [-0.15, -0.1) is 11.3 Å². The molecule has 0 radical (unpaired) electrons. The van der Waals surface area contributed by atoms with Gasteiger partial charge >= 0.3 is 0 Å². The molecule has 0 spiro atoms. The summed E-state index contributed by atoms with van der Waals surface area (Å²) < 4.78 is 2.51. The highest BCUT2D eigenvalue weighted by Gasteiger charge is 2.15. The van der Waals surface area contributed by atoms with Crippen molar-refractivity contribution < 1.29 is 0 Å². The second-order valence-electron chi connectivity index (χ2n) is 10.9.